The number of halogens is 1. The van der Waals surface area contributed by atoms with Crippen molar-refractivity contribution in [2.75, 3.05) is 43.1 Å². The van der Waals surface area contributed by atoms with Gasteiger partial charge in [-0.3, -0.25) is 4.79 Å². The van der Waals surface area contributed by atoms with Gasteiger partial charge in [0.15, 0.2) is 0 Å². The molecule has 0 radical (unpaired) electrons. The highest BCUT2D eigenvalue weighted by Gasteiger charge is 2.23. The van der Waals surface area contributed by atoms with E-state index in [4.69, 9.17) is 0 Å². The molecule has 1 aliphatic rings. The van der Waals surface area contributed by atoms with E-state index in [1.165, 1.54) is 24.0 Å². The maximum atomic E-state index is 13.9. The molecule has 0 bridgehead atoms. The monoisotopic (exact) mass is 406 g/mol. The highest BCUT2D eigenvalue weighted by atomic mass is 32.2. The number of carbonyl (C=O) groups is 2. The van der Waals surface area contributed by atoms with Gasteiger partial charge >= 0.3 is 5.97 Å². The van der Waals surface area contributed by atoms with Gasteiger partial charge in [-0.1, -0.05) is 12.1 Å². The van der Waals surface area contributed by atoms with E-state index in [1.54, 1.807) is 18.2 Å². The number of thioether (sulfide) groups is 1. The molecule has 0 spiro atoms. The van der Waals surface area contributed by atoms with Crippen molar-refractivity contribution in [2.24, 2.45) is 0 Å². The van der Waals surface area contributed by atoms with Crippen LogP contribution in [-0.4, -0.2) is 66.1 Å². The Hall–Kier alpha value is -2.73. The van der Waals surface area contributed by atoms with Gasteiger partial charge in [0.05, 0.1) is 5.69 Å². The van der Waals surface area contributed by atoms with Crippen molar-refractivity contribution < 1.29 is 19.1 Å². The zero-order chi connectivity index (χ0) is 20.5. The number of aliphatic carboxylic acids is 1. The van der Waals surface area contributed by atoms with Gasteiger partial charge in [-0.05, 0) is 30.6 Å². The third kappa shape index (κ3) is 5.89. The first-order chi connectivity index (χ1) is 13.5. The predicted octanol–water partition coefficient (Wildman–Crippen LogP) is 1.68. The molecular formula is C19H23FN4O3S. The first-order valence-electron chi connectivity index (χ1n) is 8.84. The molecule has 9 heteroatoms. The normalized spacial score (nSPS) is 15.7. The summed E-state index contributed by atoms with van der Waals surface area (Å²) < 4.78 is 13.9. The van der Waals surface area contributed by atoms with Crippen LogP contribution in [0.4, 0.5) is 10.1 Å². The maximum absolute atomic E-state index is 13.9. The Balaban J connectivity index is 1.97. The molecular weight excluding hydrogens is 383 g/mol. The minimum atomic E-state index is -1.13. The molecule has 1 saturated heterocycles. The van der Waals surface area contributed by atoms with Gasteiger partial charge in [0, 0.05) is 32.4 Å². The van der Waals surface area contributed by atoms with E-state index >= 15 is 0 Å². The molecule has 2 N–H and O–H groups in total. The van der Waals surface area contributed by atoms with Crippen molar-refractivity contribution in [2.45, 2.75) is 12.5 Å². The number of nitrogens with one attached hydrogen (secondary N) is 1. The lowest BCUT2D eigenvalue weighted by molar-refractivity contribution is -0.141. The number of rotatable bonds is 8. The van der Waals surface area contributed by atoms with Crippen LogP contribution < -0.4 is 10.2 Å². The Bertz CT molecular complexity index is 773. The summed E-state index contributed by atoms with van der Waals surface area (Å²) in [5.41, 5.74) is 0.386. The standard InChI is InChI=1S/C19H23FN4O3S/c1-28-11-6-16(19(26)27)22-18(25)14(12-21)13-23-7-9-24(10-8-23)17-5-3-2-4-15(17)20/h2-5,13,16H,6-11H2,1H3,(H,22,25)(H,26,27)/b14-13-. The first kappa shape index (κ1) is 21.6. The molecule has 28 heavy (non-hydrogen) atoms. The molecule has 1 unspecified atom stereocenters. The summed E-state index contributed by atoms with van der Waals surface area (Å²) in [5, 5.41) is 20.9. The average molecular weight is 406 g/mol. The number of nitriles is 1. The average Bonchev–Trinajstić information content (AvgIpc) is 2.69. The topological polar surface area (TPSA) is 96.7 Å². The highest BCUT2D eigenvalue weighted by Crippen LogP contribution is 2.20. The van der Waals surface area contributed by atoms with Crippen LogP contribution in [0.25, 0.3) is 0 Å². The quantitative estimate of drug-likeness (QED) is 0.501. The lowest BCUT2D eigenvalue weighted by Crippen LogP contribution is -2.45. The van der Waals surface area contributed by atoms with E-state index in [0.717, 1.165) is 0 Å². The second kappa shape index (κ2) is 10.6. The van der Waals surface area contributed by atoms with E-state index in [9.17, 15) is 24.3 Å². The summed E-state index contributed by atoms with van der Waals surface area (Å²) in [6.07, 6.45) is 3.58. The van der Waals surface area contributed by atoms with Crippen molar-refractivity contribution in [3.63, 3.8) is 0 Å². The molecule has 1 aliphatic heterocycles. The Labute approximate surface area is 167 Å². The smallest absolute Gasteiger partial charge is 0.326 e. The fraction of sp³-hybridized carbons (Fsp3) is 0.421. The van der Waals surface area contributed by atoms with Crippen LogP contribution in [0.3, 0.4) is 0 Å². The SMILES string of the molecule is CSCCC(NC(=O)/C(C#N)=C\N1CCN(c2ccccc2F)CC1)C(=O)O. The van der Waals surface area contributed by atoms with E-state index < -0.39 is 17.9 Å². The number of benzene rings is 1. The molecule has 1 amide bonds. The van der Waals surface area contributed by atoms with Crippen molar-refractivity contribution in [3.8, 4) is 6.07 Å². The van der Waals surface area contributed by atoms with Crippen molar-refractivity contribution in [1.29, 1.82) is 5.26 Å². The predicted molar refractivity (Wildman–Crippen MR) is 106 cm³/mol. The Morgan fingerprint density at radius 3 is 2.61 bits per heavy atom. The number of piperazine rings is 1. The summed E-state index contributed by atoms with van der Waals surface area (Å²) in [6, 6.07) is 7.35. The molecule has 2 rings (SSSR count). The lowest BCUT2D eigenvalue weighted by Gasteiger charge is -2.35. The molecule has 0 aromatic heterocycles. The van der Waals surface area contributed by atoms with Gasteiger partial charge in [0.2, 0.25) is 0 Å². The first-order valence-corrected chi connectivity index (χ1v) is 10.2. The largest absolute Gasteiger partial charge is 0.480 e. The summed E-state index contributed by atoms with van der Waals surface area (Å²) >= 11 is 1.48. The molecule has 150 valence electrons. The van der Waals surface area contributed by atoms with Gasteiger partial charge in [-0.25, -0.2) is 9.18 Å². The number of nitrogens with zero attached hydrogens (tertiary/aromatic N) is 3. The van der Waals surface area contributed by atoms with Crippen LogP contribution in [-0.2, 0) is 9.59 Å². The van der Waals surface area contributed by atoms with Crippen LogP contribution in [0.1, 0.15) is 6.42 Å². The second-order valence-corrected chi connectivity index (χ2v) is 7.26. The molecule has 1 aromatic carbocycles. The maximum Gasteiger partial charge on any atom is 0.326 e. The van der Waals surface area contributed by atoms with Gasteiger partial charge < -0.3 is 20.2 Å². The molecule has 7 nitrogen and oxygen atoms in total. The van der Waals surface area contributed by atoms with Crippen molar-refractivity contribution in [3.05, 3.63) is 41.9 Å². The third-order valence-corrected chi connectivity index (χ3v) is 5.04. The van der Waals surface area contributed by atoms with Crippen LogP contribution in [0.5, 0.6) is 0 Å². The van der Waals surface area contributed by atoms with Gasteiger partial charge in [0.25, 0.3) is 5.91 Å². The molecule has 1 atom stereocenters. The molecule has 0 saturated carbocycles. The summed E-state index contributed by atoms with van der Waals surface area (Å²) in [4.78, 5) is 27.3. The number of carbonyl (C=O) groups excluding carboxylic acids is 1. The number of carboxylic acids is 1. The number of amides is 1. The third-order valence-electron chi connectivity index (χ3n) is 4.40. The number of hydrogen-bond donors (Lipinski definition) is 2. The number of para-hydroxylation sites is 1. The van der Waals surface area contributed by atoms with Crippen LogP contribution in [0.2, 0.25) is 0 Å². The molecule has 1 heterocycles. The van der Waals surface area contributed by atoms with E-state index in [1.807, 2.05) is 22.1 Å². The Morgan fingerprint density at radius 1 is 1.36 bits per heavy atom. The summed E-state index contributed by atoms with van der Waals surface area (Å²) in [6.45, 7) is 2.12. The highest BCUT2D eigenvalue weighted by molar-refractivity contribution is 7.98. The second-order valence-electron chi connectivity index (χ2n) is 6.27. The Morgan fingerprint density at radius 2 is 2.04 bits per heavy atom. The van der Waals surface area contributed by atoms with Crippen molar-refractivity contribution in [1.82, 2.24) is 10.2 Å². The number of hydrogen-bond acceptors (Lipinski definition) is 6. The van der Waals surface area contributed by atoms with Crippen molar-refractivity contribution >= 4 is 29.3 Å². The summed E-state index contributed by atoms with van der Waals surface area (Å²) in [5.74, 6) is -1.53. The number of carboxylic acid groups (broad SMARTS) is 1. The summed E-state index contributed by atoms with van der Waals surface area (Å²) in [7, 11) is 0. The van der Waals surface area contributed by atoms with Crippen LogP contribution >= 0.6 is 11.8 Å². The molecule has 0 aliphatic carbocycles. The zero-order valence-electron chi connectivity index (χ0n) is 15.6. The molecule has 1 aromatic rings. The zero-order valence-corrected chi connectivity index (χ0v) is 16.4. The van der Waals surface area contributed by atoms with Gasteiger partial charge in [-0.2, -0.15) is 17.0 Å². The minimum absolute atomic E-state index is 0.144. The number of anilines is 1. The van der Waals surface area contributed by atoms with Crippen LogP contribution in [0.15, 0.2) is 36.0 Å². The van der Waals surface area contributed by atoms with E-state index in [2.05, 4.69) is 5.32 Å². The Kier molecular flexibility index (Phi) is 8.14. The minimum Gasteiger partial charge on any atom is -0.480 e. The molecule has 1 fully saturated rings. The van der Waals surface area contributed by atoms with E-state index in [-0.39, 0.29) is 17.8 Å². The van der Waals surface area contributed by atoms with Gasteiger partial charge in [-0.15, -0.1) is 0 Å². The fourth-order valence-electron chi connectivity index (χ4n) is 2.85. The lowest BCUT2D eigenvalue weighted by atomic mass is 10.2. The van der Waals surface area contributed by atoms with Gasteiger partial charge in [0.1, 0.15) is 23.5 Å². The fourth-order valence-corrected chi connectivity index (χ4v) is 3.32. The van der Waals surface area contributed by atoms with Crippen LogP contribution in [0, 0.1) is 17.1 Å². The van der Waals surface area contributed by atoms with E-state index in [0.29, 0.717) is 37.6 Å².